The van der Waals surface area contributed by atoms with Crippen molar-refractivity contribution in [3.05, 3.63) is 35.6 Å². The van der Waals surface area contributed by atoms with Crippen molar-refractivity contribution in [1.29, 1.82) is 0 Å². The van der Waals surface area contributed by atoms with Gasteiger partial charge in [-0.15, -0.1) is 0 Å². The number of nitrogens with zero attached hydrogens (tertiary/aromatic N) is 1. The lowest BCUT2D eigenvalue weighted by molar-refractivity contribution is -0.126. The van der Waals surface area contributed by atoms with Crippen LogP contribution < -0.4 is 5.32 Å². The first-order valence-electron chi connectivity index (χ1n) is 7.42. The number of sulfonamides is 1. The molecule has 1 fully saturated rings. The molecule has 0 saturated carbocycles. The second-order valence-corrected chi connectivity index (χ2v) is 7.70. The SMILES string of the molecule is CCS(=O)(=O)N1CCC[C@H](C(=O)NCc2ccc(F)cc2)C1. The molecule has 0 unspecified atom stereocenters. The lowest BCUT2D eigenvalue weighted by atomic mass is 9.99. The topological polar surface area (TPSA) is 66.5 Å². The van der Waals surface area contributed by atoms with Gasteiger partial charge in [0.05, 0.1) is 11.7 Å². The Bertz CT molecular complexity index is 616. The van der Waals surface area contributed by atoms with Gasteiger partial charge in [0.1, 0.15) is 5.82 Å². The molecule has 122 valence electrons. The highest BCUT2D eigenvalue weighted by Crippen LogP contribution is 2.19. The zero-order valence-electron chi connectivity index (χ0n) is 12.6. The summed E-state index contributed by atoms with van der Waals surface area (Å²) in [5.74, 6) is -0.740. The first-order valence-corrected chi connectivity index (χ1v) is 9.03. The second-order valence-electron chi connectivity index (χ2n) is 5.44. The molecule has 22 heavy (non-hydrogen) atoms. The Morgan fingerprint density at radius 1 is 1.36 bits per heavy atom. The molecule has 1 amide bonds. The van der Waals surface area contributed by atoms with Crippen LogP contribution in [0.3, 0.4) is 0 Å². The Morgan fingerprint density at radius 3 is 2.68 bits per heavy atom. The molecule has 1 aliphatic heterocycles. The fraction of sp³-hybridized carbons (Fsp3) is 0.533. The van der Waals surface area contributed by atoms with Gasteiger partial charge in [-0.25, -0.2) is 17.1 Å². The van der Waals surface area contributed by atoms with Crippen LogP contribution in [0, 0.1) is 11.7 Å². The van der Waals surface area contributed by atoms with E-state index in [-0.39, 0.29) is 29.9 Å². The largest absolute Gasteiger partial charge is 0.352 e. The Hall–Kier alpha value is -1.47. The van der Waals surface area contributed by atoms with E-state index in [2.05, 4.69) is 5.32 Å². The number of nitrogens with one attached hydrogen (secondary N) is 1. The van der Waals surface area contributed by atoms with Crippen molar-refractivity contribution in [2.75, 3.05) is 18.8 Å². The van der Waals surface area contributed by atoms with Crippen LogP contribution in [0.1, 0.15) is 25.3 Å². The maximum Gasteiger partial charge on any atom is 0.224 e. The Labute approximate surface area is 130 Å². The highest BCUT2D eigenvalue weighted by Gasteiger charge is 2.31. The van der Waals surface area contributed by atoms with Crippen LogP contribution in [0.25, 0.3) is 0 Å². The molecular weight excluding hydrogens is 307 g/mol. The van der Waals surface area contributed by atoms with Crippen LogP contribution in [0.15, 0.2) is 24.3 Å². The van der Waals surface area contributed by atoms with Gasteiger partial charge in [-0.2, -0.15) is 0 Å². The summed E-state index contributed by atoms with van der Waals surface area (Å²) < 4.78 is 38.0. The third-order valence-electron chi connectivity index (χ3n) is 3.89. The number of benzene rings is 1. The smallest absolute Gasteiger partial charge is 0.224 e. The van der Waals surface area contributed by atoms with Crippen LogP contribution in [-0.4, -0.2) is 37.5 Å². The summed E-state index contributed by atoms with van der Waals surface area (Å²) in [5, 5.41) is 2.80. The zero-order valence-corrected chi connectivity index (χ0v) is 13.4. The average molecular weight is 328 g/mol. The first-order chi connectivity index (χ1) is 10.4. The van der Waals surface area contributed by atoms with Crippen molar-refractivity contribution in [3.63, 3.8) is 0 Å². The molecule has 7 heteroatoms. The van der Waals surface area contributed by atoms with Gasteiger partial charge >= 0.3 is 0 Å². The Morgan fingerprint density at radius 2 is 2.05 bits per heavy atom. The van der Waals surface area contributed by atoms with E-state index in [0.29, 0.717) is 25.9 Å². The van der Waals surface area contributed by atoms with Gasteiger partial charge in [0.25, 0.3) is 0 Å². The highest BCUT2D eigenvalue weighted by molar-refractivity contribution is 7.89. The van der Waals surface area contributed by atoms with Crippen LogP contribution >= 0.6 is 0 Å². The van der Waals surface area contributed by atoms with Crippen molar-refractivity contribution < 1.29 is 17.6 Å². The lowest BCUT2D eigenvalue weighted by Gasteiger charge is -2.30. The summed E-state index contributed by atoms with van der Waals surface area (Å²) in [6.07, 6.45) is 1.37. The standard InChI is InChI=1S/C15H21FN2O3S/c1-2-22(20,21)18-9-3-4-13(11-18)15(19)17-10-12-5-7-14(16)8-6-12/h5-8,13H,2-4,9-11H2,1H3,(H,17,19)/t13-/m0/s1. The average Bonchev–Trinajstić information content (AvgIpc) is 2.54. The minimum Gasteiger partial charge on any atom is -0.352 e. The highest BCUT2D eigenvalue weighted by atomic mass is 32.2. The molecule has 1 aliphatic rings. The molecular formula is C15H21FN2O3S. The first kappa shape index (κ1) is 16.9. The normalized spacial score (nSPS) is 19.8. The van der Waals surface area contributed by atoms with Crippen molar-refractivity contribution >= 4 is 15.9 Å². The third-order valence-corrected chi connectivity index (χ3v) is 5.74. The van der Waals surface area contributed by atoms with E-state index in [9.17, 15) is 17.6 Å². The molecule has 0 radical (unpaired) electrons. The van der Waals surface area contributed by atoms with E-state index in [4.69, 9.17) is 0 Å². The van der Waals surface area contributed by atoms with E-state index in [1.807, 2.05) is 0 Å². The second kappa shape index (κ2) is 7.19. The number of halogens is 1. The molecule has 1 heterocycles. The summed E-state index contributed by atoms with van der Waals surface area (Å²) in [6, 6.07) is 5.92. The number of rotatable bonds is 5. The van der Waals surface area contributed by atoms with Crippen LogP contribution in [0.2, 0.25) is 0 Å². The van der Waals surface area contributed by atoms with Crippen LogP contribution in [-0.2, 0) is 21.4 Å². The predicted molar refractivity (Wildman–Crippen MR) is 82.0 cm³/mol. The lowest BCUT2D eigenvalue weighted by Crippen LogP contribution is -2.45. The van der Waals surface area contributed by atoms with Crippen molar-refractivity contribution in [3.8, 4) is 0 Å². The zero-order chi connectivity index (χ0) is 16.2. The van der Waals surface area contributed by atoms with E-state index in [0.717, 1.165) is 5.56 Å². The number of hydrogen-bond donors (Lipinski definition) is 1. The quantitative estimate of drug-likeness (QED) is 0.891. The molecule has 1 atom stereocenters. The number of carbonyl (C=O) groups is 1. The van der Waals surface area contributed by atoms with E-state index in [1.165, 1.54) is 16.4 Å². The number of carbonyl (C=O) groups excluding carboxylic acids is 1. The monoisotopic (exact) mass is 328 g/mol. The molecule has 1 saturated heterocycles. The van der Waals surface area contributed by atoms with Gasteiger partial charge < -0.3 is 5.32 Å². The minimum absolute atomic E-state index is 0.0525. The van der Waals surface area contributed by atoms with Gasteiger partial charge in [0, 0.05) is 19.6 Å². The van der Waals surface area contributed by atoms with E-state index in [1.54, 1.807) is 19.1 Å². The molecule has 0 bridgehead atoms. The molecule has 0 aliphatic carbocycles. The molecule has 5 nitrogen and oxygen atoms in total. The summed E-state index contributed by atoms with van der Waals surface area (Å²) in [4.78, 5) is 12.2. The van der Waals surface area contributed by atoms with Crippen LogP contribution in [0.5, 0.6) is 0 Å². The van der Waals surface area contributed by atoms with Gasteiger partial charge in [-0.1, -0.05) is 12.1 Å². The fourth-order valence-electron chi connectivity index (χ4n) is 2.53. The van der Waals surface area contributed by atoms with Crippen molar-refractivity contribution in [1.82, 2.24) is 9.62 Å². The number of piperidine rings is 1. The molecule has 0 spiro atoms. The van der Waals surface area contributed by atoms with Gasteiger partial charge in [0.2, 0.25) is 15.9 Å². The van der Waals surface area contributed by atoms with Crippen molar-refractivity contribution in [2.45, 2.75) is 26.3 Å². The summed E-state index contributed by atoms with van der Waals surface area (Å²) in [7, 11) is -3.25. The fourth-order valence-corrected chi connectivity index (χ4v) is 3.71. The number of amides is 1. The summed E-state index contributed by atoms with van der Waals surface area (Å²) in [6.45, 7) is 2.65. The molecule has 1 N–H and O–H groups in total. The van der Waals surface area contributed by atoms with E-state index >= 15 is 0 Å². The Kier molecular flexibility index (Phi) is 5.52. The van der Waals surface area contributed by atoms with Gasteiger partial charge in [0.15, 0.2) is 0 Å². The minimum atomic E-state index is -3.25. The molecule has 2 rings (SSSR count). The third kappa shape index (κ3) is 4.27. The predicted octanol–water partition coefficient (Wildman–Crippen LogP) is 1.50. The Balaban J connectivity index is 1.90. The molecule has 1 aromatic carbocycles. The van der Waals surface area contributed by atoms with Gasteiger partial charge in [-0.3, -0.25) is 4.79 Å². The van der Waals surface area contributed by atoms with Crippen molar-refractivity contribution in [2.24, 2.45) is 5.92 Å². The maximum atomic E-state index is 12.8. The number of hydrogen-bond acceptors (Lipinski definition) is 3. The molecule has 1 aromatic rings. The summed E-state index contributed by atoms with van der Waals surface area (Å²) >= 11 is 0. The van der Waals surface area contributed by atoms with E-state index < -0.39 is 10.0 Å². The maximum absolute atomic E-state index is 12.8. The van der Waals surface area contributed by atoms with Gasteiger partial charge in [-0.05, 0) is 37.5 Å². The molecule has 0 aromatic heterocycles. The summed E-state index contributed by atoms with van der Waals surface area (Å²) in [5.41, 5.74) is 0.809. The van der Waals surface area contributed by atoms with Crippen LogP contribution in [0.4, 0.5) is 4.39 Å².